The van der Waals surface area contributed by atoms with E-state index in [1.165, 1.54) is 10.5 Å². The lowest BCUT2D eigenvalue weighted by atomic mass is 10.2. The fraction of sp³-hybridized carbons (Fsp3) is 0.435. The van der Waals surface area contributed by atoms with Gasteiger partial charge in [0, 0.05) is 12.6 Å². The Balaban J connectivity index is 1.20. The summed E-state index contributed by atoms with van der Waals surface area (Å²) in [5, 5.41) is 0. The van der Waals surface area contributed by atoms with Crippen LogP contribution in [-0.4, -0.2) is 69.8 Å². The summed E-state index contributed by atoms with van der Waals surface area (Å²) in [4.78, 5) is 17.5. The first-order valence-electron chi connectivity index (χ1n) is 10.5. The molecule has 2 aromatic carbocycles. The molecule has 2 N–H and O–H groups in total. The Morgan fingerprint density at radius 2 is 1.62 bits per heavy atom. The lowest BCUT2D eigenvalue weighted by molar-refractivity contribution is -1.02. The van der Waals surface area contributed by atoms with Crippen LogP contribution in [-0.2, 0) is 11.3 Å². The van der Waals surface area contributed by atoms with Gasteiger partial charge in [-0.25, -0.2) is 0 Å². The number of hydrogen-bond acceptors (Lipinski definition) is 3. The molecule has 0 unspecified atom stereocenters. The van der Waals surface area contributed by atoms with Crippen LogP contribution in [0.1, 0.15) is 5.56 Å². The minimum atomic E-state index is -0.124. The second-order valence-corrected chi connectivity index (χ2v) is 8.11. The summed E-state index contributed by atoms with van der Waals surface area (Å²) in [6.45, 7) is 6.95. The molecule has 0 aromatic heterocycles. The number of rotatable bonds is 6. The van der Waals surface area contributed by atoms with Crippen molar-refractivity contribution in [3.63, 3.8) is 0 Å². The van der Waals surface area contributed by atoms with Crippen molar-refractivity contribution in [2.75, 3.05) is 52.9 Å². The summed E-state index contributed by atoms with van der Waals surface area (Å²) in [6.07, 6.45) is -0.124. The Kier molecular flexibility index (Phi) is 6.32. The molecule has 1 fully saturated rings. The van der Waals surface area contributed by atoms with E-state index in [0.717, 1.165) is 44.2 Å². The molecule has 0 radical (unpaired) electrons. The van der Waals surface area contributed by atoms with Gasteiger partial charge in [-0.3, -0.25) is 4.79 Å². The molecule has 2 aromatic rings. The minimum absolute atomic E-state index is 0.124. The van der Waals surface area contributed by atoms with Crippen LogP contribution in [0.2, 0.25) is 0 Å². The van der Waals surface area contributed by atoms with Gasteiger partial charge >= 0.3 is 0 Å². The molecule has 1 amide bonds. The lowest BCUT2D eigenvalue weighted by Crippen LogP contribution is -3.28. The Bertz CT molecular complexity index is 806. The van der Waals surface area contributed by atoms with Gasteiger partial charge < -0.3 is 24.2 Å². The van der Waals surface area contributed by atoms with E-state index < -0.39 is 0 Å². The zero-order chi connectivity index (χ0) is 20.1. The number of ether oxygens (including phenoxy) is 2. The van der Waals surface area contributed by atoms with E-state index in [0.29, 0.717) is 19.7 Å². The first-order valence-corrected chi connectivity index (χ1v) is 10.5. The first kappa shape index (κ1) is 19.7. The molecule has 154 valence electrons. The van der Waals surface area contributed by atoms with Crippen LogP contribution in [0.15, 0.2) is 54.6 Å². The third-order valence-corrected chi connectivity index (χ3v) is 5.83. The largest absolute Gasteiger partial charge is 0.486 e. The van der Waals surface area contributed by atoms with Gasteiger partial charge in [-0.1, -0.05) is 42.5 Å². The zero-order valence-corrected chi connectivity index (χ0v) is 17.1. The molecule has 2 aliphatic rings. The number of benzene rings is 2. The number of piperazine rings is 1. The highest BCUT2D eigenvalue weighted by atomic mass is 16.6. The highest BCUT2D eigenvalue weighted by Gasteiger charge is 2.28. The summed E-state index contributed by atoms with van der Waals surface area (Å²) >= 11 is 0. The quantitative estimate of drug-likeness (QED) is 0.676. The third kappa shape index (κ3) is 5.28. The van der Waals surface area contributed by atoms with Crippen LogP contribution in [0.4, 0.5) is 0 Å². The number of para-hydroxylation sites is 2. The van der Waals surface area contributed by atoms with Crippen molar-refractivity contribution in [3.8, 4) is 11.5 Å². The Morgan fingerprint density at radius 1 is 0.966 bits per heavy atom. The molecule has 2 aliphatic heterocycles. The molecular formula is C23H31N3O3+2. The van der Waals surface area contributed by atoms with E-state index in [1.807, 2.05) is 31.3 Å². The molecule has 4 rings (SSSR count). The van der Waals surface area contributed by atoms with Crippen molar-refractivity contribution in [2.45, 2.75) is 12.6 Å². The Labute approximate surface area is 172 Å². The molecule has 1 atom stereocenters. The maximum atomic E-state index is 12.7. The van der Waals surface area contributed by atoms with Crippen molar-refractivity contribution >= 4 is 5.91 Å². The van der Waals surface area contributed by atoms with Crippen LogP contribution in [0.5, 0.6) is 11.5 Å². The Hall–Kier alpha value is -2.57. The highest BCUT2D eigenvalue weighted by Crippen LogP contribution is 2.30. The maximum absolute atomic E-state index is 12.7. The zero-order valence-electron chi connectivity index (χ0n) is 17.1. The van der Waals surface area contributed by atoms with Crippen molar-refractivity contribution in [1.29, 1.82) is 0 Å². The highest BCUT2D eigenvalue weighted by molar-refractivity contribution is 5.76. The normalized spacial score (nSPS) is 23.4. The lowest BCUT2D eigenvalue weighted by Gasteiger charge is -2.32. The van der Waals surface area contributed by atoms with Crippen molar-refractivity contribution < 1.29 is 24.1 Å². The number of quaternary nitrogens is 2. The second kappa shape index (κ2) is 9.29. The number of fused-ring (bicyclic) bond motifs is 1. The van der Waals surface area contributed by atoms with Crippen molar-refractivity contribution in [2.24, 2.45) is 0 Å². The molecule has 6 nitrogen and oxygen atoms in total. The third-order valence-electron chi connectivity index (χ3n) is 5.83. The molecule has 2 heterocycles. The predicted molar refractivity (Wildman–Crippen MR) is 110 cm³/mol. The summed E-state index contributed by atoms with van der Waals surface area (Å²) in [5.41, 5.74) is 1.39. The van der Waals surface area contributed by atoms with Crippen LogP contribution in [0.25, 0.3) is 0 Å². The van der Waals surface area contributed by atoms with E-state index in [1.54, 1.807) is 9.80 Å². The van der Waals surface area contributed by atoms with Gasteiger partial charge in [0.25, 0.3) is 5.91 Å². The van der Waals surface area contributed by atoms with Gasteiger partial charge in [0.2, 0.25) is 0 Å². The number of nitrogens with zero attached hydrogens (tertiary/aromatic N) is 1. The molecule has 6 heteroatoms. The van der Waals surface area contributed by atoms with Gasteiger partial charge in [0.1, 0.15) is 39.3 Å². The smallest absolute Gasteiger partial charge is 0.277 e. The van der Waals surface area contributed by atoms with Crippen LogP contribution < -0.4 is 19.3 Å². The monoisotopic (exact) mass is 397 g/mol. The fourth-order valence-corrected chi connectivity index (χ4v) is 4.10. The first-order chi connectivity index (χ1) is 14.2. The van der Waals surface area contributed by atoms with Gasteiger partial charge in [0.05, 0.1) is 6.54 Å². The van der Waals surface area contributed by atoms with Crippen molar-refractivity contribution in [3.05, 3.63) is 60.2 Å². The number of nitrogens with one attached hydrogen (secondary N) is 2. The fourth-order valence-electron chi connectivity index (χ4n) is 4.10. The molecular weight excluding hydrogens is 366 g/mol. The number of carbonyl (C=O) groups is 1. The number of carbonyl (C=O) groups excluding carboxylic acids is 1. The number of hydrogen-bond donors (Lipinski definition) is 2. The molecule has 29 heavy (non-hydrogen) atoms. The van der Waals surface area contributed by atoms with Crippen molar-refractivity contribution in [1.82, 2.24) is 4.90 Å². The van der Waals surface area contributed by atoms with Gasteiger partial charge in [-0.2, -0.15) is 0 Å². The predicted octanol–water partition coefficient (Wildman–Crippen LogP) is -0.732. The van der Waals surface area contributed by atoms with E-state index in [2.05, 4.69) is 30.3 Å². The van der Waals surface area contributed by atoms with E-state index >= 15 is 0 Å². The molecule has 1 saturated heterocycles. The second-order valence-electron chi connectivity index (χ2n) is 8.11. The molecule has 0 saturated carbocycles. The van der Waals surface area contributed by atoms with E-state index in [-0.39, 0.29) is 12.0 Å². The van der Waals surface area contributed by atoms with Crippen LogP contribution in [0, 0.1) is 0 Å². The summed E-state index contributed by atoms with van der Waals surface area (Å²) in [5.74, 6) is 1.71. The van der Waals surface area contributed by atoms with E-state index in [4.69, 9.17) is 9.47 Å². The molecule has 0 aliphatic carbocycles. The summed E-state index contributed by atoms with van der Waals surface area (Å²) in [7, 11) is 1.86. The standard InChI is InChI=1S/C23H29N3O3/c1-24(16-20-18-28-21-9-5-6-10-22(21)29-20)23(27)17-26-13-11-25(12-14-26)15-19-7-3-2-4-8-19/h2-10,20H,11-18H2,1H3/p+2/t20-/m0/s1. The molecule has 0 spiro atoms. The SMILES string of the molecule is CN(C[C@H]1COc2ccccc2O1)C(=O)C[NH+]1CC[NH+](Cc2ccccc2)CC1. The van der Waals surface area contributed by atoms with Crippen LogP contribution in [0.3, 0.4) is 0 Å². The van der Waals surface area contributed by atoms with Crippen LogP contribution >= 0.6 is 0 Å². The topological polar surface area (TPSA) is 47.6 Å². The van der Waals surface area contributed by atoms with Gasteiger partial charge in [-0.05, 0) is 12.1 Å². The average Bonchev–Trinajstić information content (AvgIpc) is 2.76. The van der Waals surface area contributed by atoms with Gasteiger partial charge in [0.15, 0.2) is 24.1 Å². The number of likely N-dealkylation sites (N-methyl/N-ethyl adjacent to an activating group) is 1. The van der Waals surface area contributed by atoms with E-state index in [9.17, 15) is 4.79 Å². The molecule has 0 bridgehead atoms. The maximum Gasteiger partial charge on any atom is 0.277 e. The summed E-state index contributed by atoms with van der Waals surface area (Å²) in [6, 6.07) is 18.3. The minimum Gasteiger partial charge on any atom is -0.486 e. The number of amides is 1. The average molecular weight is 398 g/mol. The Morgan fingerprint density at radius 3 is 2.38 bits per heavy atom. The van der Waals surface area contributed by atoms with Gasteiger partial charge in [-0.15, -0.1) is 0 Å². The summed E-state index contributed by atoms with van der Waals surface area (Å²) < 4.78 is 11.7.